The van der Waals surface area contributed by atoms with Crippen molar-refractivity contribution in [2.75, 3.05) is 0 Å². The van der Waals surface area contributed by atoms with Gasteiger partial charge in [0.1, 0.15) is 12.3 Å². The lowest BCUT2D eigenvalue weighted by atomic mass is 10.2. The van der Waals surface area contributed by atoms with E-state index in [-0.39, 0.29) is 18.2 Å². The highest BCUT2D eigenvalue weighted by atomic mass is 16.5. The summed E-state index contributed by atoms with van der Waals surface area (Å²) in [7, 11) is 0. The maximum atomic E-state index is 10.8. The Morgan fingerprint density at radius 2 is 2.54 bits per heavy atom. The molecule has 0 spiro atoms. The monoisotopic (exact) mass is 180 g/mol. The van der Waals surface area contributed by atoms with Crippen LogP contribution in [-0.4, -0.2) is 30.4 Å². The zero-order valence-electron chi connectivity index (χ0n) is 6.83. The van der Waals surface area contributed by atoms with Crippen molar-refractivity contribution in [2.45, 2.75) is 31.0 Å². The normalized spacial score (nSPS) is 36.3. The van der Waals surface area contributed by atoms with Gasteiger partial charge in [0, 0.05) is 11.0 Å². The van der Waals surface area contributed by atoms with E-state index in [1.54, 1.807) is 0 Å². The topological polar surface area (TPSA) is 87.4 Å². The SMILES string of the molecule is [N-]=[N+]=N[C@H]1C[C@H]2N=CC(=O)O[C@@H]2C1. The number of hydrogen-bond acceptors (Lipinski definition) is 4. The van der Waals surface area contributed by atoms with E-state index in [9.17, 15) is 4.79 Å². The molecule has 1 fully saturated rings. The molecule has 2 rings (SSSR count). The van der Waals surface area contributed by atoms with E-state index in [0.29, 0.717) is 12.8 Å². The average Bonchev–Trinajstić information content (AvgIpc) is 2.46. The minimum Gasteiger partial charge on any atom is -0.456 e. The van der Waals surface area contributed by atoms with Gasteiger partial charge in [-0.2, -0.15) is 0 Å². The smallest absolute Gasteiger partial charge is 0.349 e. The summed E-state index contributed by atoms with van der Waals surface area (Å²) in [5.74, 6) is -0.400. The van der Waals surface area contributed by atoms with Crippen LogP contribution in [0, 0.1) is 0 Å². The van der Waals surface area contributed by atoms with Gasteiger partial charge in [-0.25, -0.2) is 4.79 Å². The van der Waals surface area contributed by atoms with Gasteiger partial charge in [-0.3, -0.25) is 4.99 Å². The predicted molar refractivity (Wildman–Crippen MR) is 44.3 cm³/mol. The van der Waals surface area contributed by atoms with Crippen molar-refractivity contribution in [1.29, 1.82) is 0 Å². The first kappa shape index (κ1) is 8.07. The van der Waals surface area contributed by atoms with Crippen molar-refractivity contribution < 1.29 is 9.53 Å². The highest BCUT2D eigenvalue weighted by Gasteiger charge is 2.37. The van der Waals surface area contributed by atoms with E-state index in [2.05, 4.69) is 15.0 Å². The second kappa shape index (κ2) is 3.06. The van der Waals surface area contributed by atoms with Crippen molar-refractivity contribution in [3.63, 3.8) is 0 Å². The largest absolute Gasteiger partial charge is 0.456 e. The summed E-state index contributed by atoms with van der Waals surface area (Å²) < 4.78 is 5.02. The number of carbonyl (C=O) groups excluding carboxylic acids is 1. The lowest BCUT2D eigenvalue weighted by molar-refractivity contribution is -0.141. The first-order chi connectivity index (χ1) is 6.29. The summed E-state index contributed by atoms with van der Waals surface area (Å²) in [5.41, 5.74) is 8.22. The van der Waals surface area contributed by atoms with Crippen molar-refractivity contribution in [1.82, 2.24) is 0 Å². The number of esters is 1. The quantitative estimate of drug-likeness (QED) is 0.259. The molecule has 6 nitrogen and oxygen atoms in total. The molecule has 3 atom stereocenters. The fourth-order valence-corrected chi connectivity index (χ4v) is 1.74. The van der Waals surface area contributed by atoms with Crippen LogP contribution in [0.3, 0.4) is 0 Å². The van der Waals surface area contributed by atoms with Crippen LogP contribution in [0.2, 0.25) is 0 Å². The van der Waals surface area contributed by atoms with Crippen LogP contribution in [-0.2, 0) is 9.53 Å². The van der Waals surface area contributed by atoms with E-state index in [1.807, 2.05) is 0 Å². The van der Waals surface area contributed by atoms with Gasteiger partial charge in [-0.1, -0.05) is 5.11 Å². The average molecular weight is 180 g/mol. The Kier molecular flexibility index (Phi) is 1.90. The molecule has 1 aliphatic carbocycles. The molecule has 0 aromatic carbocycles. The maximum absolute atomic E-state index is 10.8. The molecule has 0 aromatic heterocycles. The zero-order chi connectivity index (χ0) is 9.26. The zero-order valence-corrected chi connectivity index (χ0v) is 6.83. The van der Waals surface area contributed by atoms with Gasteiger partial charge < -0.3 is 4.74 Å². The van der Waals surface area contributed by atoms with E-state index >= 15 is 0 Å². The second-order valence-electron chi connectivity index (χ2n) is 3.15. The number of aliphatic imine (C=N–C) groups is 1. The number of ether oxygens (including phenoxy) is 1. The van der Waals surface area contributed by atoms with Crippen LogP contribution in [0.15, 0.2) is 10.1 Å². The summed E-state index contributed by atoms with van der Waals surface area (Å²) in [5, 5.41) is 3.59. The molecular weight excluding hydrogens is 172 g/mol. The Balaban J connectivity index is 2.09. The molecule has 1 saturated carbocycles. The molecule has 13 heavy (non-hydrogen) atoms. The van der Waals surface area contributed by atoms with E-state index < -0.39 is 5.97 Å². The van der Waals surface area contributed by atoms with Gasteiger partial charge in [0.05, 0.1) is 6.04 Å². The molecular formula is C7H8N4O2. The van der Waals surface area contributed by atoms with Gasteiger partial charge in [0.2, 0.25) is 0 Å². The first-order valence-electron chi connectivity index (χ1n) is 4.07. The molecule has 0 saturated heterocycles. The Morgan fingerprint density at radius 3 is 3.31 bits per heavy atom. The summed E-state index contributed by atoms with van der Waals surface area (Å²) in [4.78, 5) is 17.5. The van der Waals surface area contributed by atoms with Gasteiger partial charge in [0.25, 0.3) is 0 Å². The molecule has 0 aromatic rings. The summed E-state index contributed by atoms with van der Waals surface area (Å²) in [6, 6.07) is -0.0868. The Morgan fingerprint density at radius 1 is 1.69 bits per heavy atom. The molecule has 1 aliphatic heterocycles. The third-order valence-electron chi connectivity index (χ3n) is 2.30. The molecule has 0 bridgehead atoms. The minimum atomic E-state index is -0.400. The van der Waals surface area contributed by atoms with E-state index in [4.69, 9.17) is 10.3 Å². The fourth-order valence-electron chi connectivity index (χ4n) is 1.74. The molecule has 2 aliphatic rings. The molecule has 0 amide bonds. The first-order valence-corrected chi connectivity index (χ1v) is 4.07. The van der Waals surface area contributed by atoms with Gasteiger partial charge in [-0.05, 0) is 18.4 Å². The summed E-state index contributed by atoms with van der Waals surface area (Å²) in [6.07, 6.45) is 2.28. The van der Waals surface area contributed by atoms with Gasteiger partial charge in [-0.15, -0.1) is 0 Å². The molecule has 6 heteroatoms. The van der Waals surface area contributed by atoms with Crippen molar-refractivity contribution in [3.8, 4) is 0 Å². The van der Waals surface area contributed by atoms with Crippen molar-refractivity contribution in [3.05, 3.63) is 10.4 Å². The third kappa shape index (κ3) is 1.48. The number of rotatable bonds is 1. The van der Waals surface area contributed by atoms with Crippen molar-refractivity contribution >= 4 is 12.2 Å². The van der Waals surface area contributed by atoms with Crippen LogP contribution >= 0.6 is 0 Å². The lowest BCUT2D eigenvalue weighted by Crippen LogP contribution is -2.30. The summed E-state index contributed by atoms with van der Waals surface area (Å²) >= 11 is 0. The van der Waals surface area contributed by atoms with E-state index in [1.165, 1.54) is 6.21 Å². The minimum absolute atomic E-state index is 0.00630. The van der Waals surface area contributed by atoms with E-state index in [0.717, 1.165) is 0 Å². The second-order valence-corrected chi connectivity index (χ2v) is 3.15. The third-order valence-corrected chi connectivity index (χ3v) is 2.30. The number of nitrogens with zero attached hydrogens (tertiary/aromatic N) is 4. The van der Waals surface area contributed by atoms with Crippen LogP contribution in [0.4, 0.5) is 0 Å². The van der Waals surface area contributed by atoms with Gasteiger partial charge >= 0.3 is 5.97 Å². The highest BCUT2D eigenvalue weighted by molar-refractivity contribution is 6.23. The van der Waals surface area contributed by atoms with Crippen LogP contribution in [0.5, 0.6) is 0 Å². The van der Waals surface area contributed by atoms with Crippen LogP contribution < -0.4 is 0 Å². The summed E-state index contributed by atoms with van der Waals surface area (Å²) in [6.45, 7) is 0. The van der Waals surface area contributed by atoms with Crippen molar-refractivity contribution in [2.24, 2.45) is 10.1 Å². The number of fused-ring (bicyclic) bond motifs is 1. The Labute approximate surface area is 74.2 Å². The molecule has 68 valence electrons. The molecule has 1 heterocycles. The predicted octanol–water partition coefficient (Wildman–Crippen LogP) is 0.824. The molecule has 0 radical (unpaired) electrons. The highest BCUT2D eigenvalue weighted by Crippen LogP contribution is 2.29. The fraction of sp³-hybridized carbons (Fsp3) is 0.714. The molecule has 0 N–H and O–H groups in total. The van der Waals surface area contributed by atoms with Gasteiger partial charge in [0.15, 0.2) is 0 Å². The number of azide groups is 1. The standard InChI is InChI=1S/C7H8N4O2/c8-11-10-4-1-5-6(2-4)13-7(12)3-9-5/h3-6H,1-2H2/t4-,5+,6+/m0/s1. The van der Waals surface area contributed by atoms with Crippen LogP contribution in [0.1, 0.15) is 12.8 Å². The lowest BCUT2D eigenvalue weighted by Gasteiger charge is -2.18. The Hall–Kier alpha value is -1.55. The maximum Gasteiger partial charge on any atom is 0.349 e. The Bertz CT molecular complexity index is 308. The number of hydrogen-bond donors (Lipinski definition) is 0. The number of carbonyl (C=O) groups is 1. The molecule has 0 unspecified atom stereocenters. The van der Waals surface area contributed by atoms with Crippen LogP contribution in [0.25, 0.3) is 10.4 Å².